The predicted molar refractivity (Wildman–Crippen MR) is 95.1 cm³/mol. The van der Waals surface area contributed by atoms with Gasteiger partial charge in [0.1, 0.15) is 5.82 Å². The van der Waals surface area contributed by atoms with Gasteiger partial charge in [-0.3, -0.25) is 4.79 Å². The number of hydrogen-bond acceptors (Lipinski definition) is 2. The third-order valence-corrected chi connectivity index (χ3v) is 4.94. The highest BCUT2D eigenvalue weighted by Gasteiger charge is 2.21. The lowest BCUT2D eigenvalue weighted by atomic mass is 10.0. The molecule has 1 aliphatic heterocycles. The normalized spacial score (nSPS) is 15.0. The van der Waals surface area contributed by atoms with Gasteiger partial charge in [0.2, 0.25) is 0 Å². The Morgan fingerprint density at radius 3 is 2.38 bits per heavy atom. The van der Waals surface area contributed by atoms with E-state index >= 15 is 0 Å². The van der Waals surface area contributed by atoms with Gasteiger partial charge in [-0.25, -0.2) is 9.07 Å². The average molecular weight is 374 g/mol. The summed E-state index contributed by atoms with van der Waals surface area (Å²) in [5, 5.41) is 8.61. The van der Waals surface area contributed by atoms with E-state index in [9.17, 15) is 9.18 Å². The first-order chi connectivity index (χ1) is 12.2. The predicted octanol–water partition coefficient (Wildman–Crippen LogP) is -0.971. The van der Waals surface area contributed by atoms with Gasteiger partial charge in [0.15, 0.2) is 0 Å². The van der Waals surface area contributed by atoms with E-state index in [-0.39, 0.29) is 29.8 Å². The number of aromatic nitrogens is 2. The van der Waals surface area contributed by atoms with E-state index in [1.54, 1.807) is 16.8 Å². The molecule has 0 bridgehead atoms. The SMILES string of the molecule is O=c1c2ccccc2c(Cc2ccc(F)cc2)nn1C1CC[NH2+]CC1.[Cl-]. The van der Waals surface area contributed by atoms with Crippen LogP contribution < -0.4 is 23.3 Å². The zero-order chi connectivity index (χ0) is 17.2. The molecule has 1 aliphatic rings. The minimum absolute atomic E-state index is 0. The number of nitrogens with two attached hydrogens (primary N) is 1. The van der Waals surface area contributed by atoms with Crippen LogP contribution in [0.3, 0.4) is 0 Å². The number of hydrogen-bond donors (Lipinski definition) is 1. The van der Waals surface area contributed by atoms with Crippen LogP contribution in [0.1, 0.15) is 30.1 Å². The monoisotopic (exact) mass is 373 g/mol. The van der Waals surface area contributed by atoms with Gasteiger partial charge in [0, 0.05) is 24.6 Å². The van der Waals surface area contributed by atoms with E-state index in [4.69, 9.17) is 5.10 Å². The van der Waals surface area contributed by atoms with Crippen LogP contribution in [0.4, 0.5) is 4.39 Å². The lowest BCUT2D eigenvalue weighted by Crippen LogP contribution is -3.00. The molecule has 4 rings (SSSR count). The Bertz CT molecular complexity index is 949. The Balaban J connectivity index is 0.00000196. The van der Waals surface area contributed by atoms with Crippen molar-refractivity contribution in [1.29, 1.82) is 0 Å². The topological polar surface area (TPSA) is 51.5 Å². The van der Waals surface area contributed by atoms with Crippen LogP contribution in [-0.4, -0.2) is 22.9 Å². The summed E-state index contributed by atoms with van der Waals surface area (Å²) in [6, 6.07) is 14.3. The number of piperidine rings is 1. The minimum Gasteiger partial charge on any atom is -1.00 e. The quantitative estimate of drug-likeness (QED) is 0.642. The van der Waals surface area contributed by atoms with E-state index in [1.807, 2.05) is 24.3 Å². The van der Waals surface area contributed by atoms with Crippen LogP contribution in [0.25, 0.3) is 10.8 Å². The van der Waals surface area contributed by atoms with Gasteiger partial charge in [-0.1, -0.05) is 30.3 Å². The third kappa shape index (κ3) is 3.64. The van der Waals surface area contributed by atoms with Gasteiger partial charge in [-0.2, -0.15) is 5.10 Å². The highest BCUT2D eigenvalue weighted by Crippen LogP contribution is 2.20. The van der Waals surface area contributed by atoms with E-state index in [1.165, 1.54) is 12.1 Å². The number of benzene rings is 2. The van der Waals surface area contributed by atoms with Gasteiger partial charge in [0.25, 0.3) is 5.56 Å². The molecule has 1 saturated heterocycles. The largest absolute Gasteiger partial charge is 1.00 e. The van der Waals surface area contributed by atoms with E-state index in [0.29, 0.717) is 11.8 Å². The van der Waals surface area contributed by atoms with Crippen molar-refractivity contribution < 1.29 is 22.1 Å². The molecule has 0 spiro atoms. The van der Waals surface area contributed by atoms with E-state index < -0.39 is 0 Å². The fourth-order valence-electron chi connectivity index (χ4n) is 3.60. The first kappa shape index (κ1) is 18.5. The van der Waals surface area contributed by atoms with Crippen LogP contribution in [0.5, 0.6) is 0 Å². The molecule has 0 atom stereocenters. The van der Waals surface area contributed by atoms with Gasteiger partial charge in [-0.05, 0) is 23.8 Å². The molecule has 26 heavy (non-hydrogen) atoms. The number of nitrogens with zero attached hydrogens (tertiary/aromatic N) is 2. The maximum Gasteiger partial charge on any atom is 0.274 e. The van der Waals surface area contributed by atoms with Crippen LogP contribution in [-0.2, 0) is 6.42 Å². The lowest BCUT2D eigenvalue weighted by Gasteiger charge is -2.22. The molecule has 2 N–H and O–H groups in total. The van der Waals surface area contributed by atoms with Crippen LogP contribution in [0.15, 0.2) is 53.3 Å². The maximum atomic E-state index is 13.2. The molecule has 0 aliphatic carbocycles. The fourth-order valence-corrected chi connectivity index (χ4v) is 3.60. The molecule has 1 aromatic heterocycles. The van der Waals surface area contributed by atoms with Crippen LogP contribution in [0.2, 0.25) is 0 Å². The zero-order valence-electron chi connectivity index (χ0n) is 14.4. The lowest BCUT2D eigenvalue weighted by molar-refractivity contribution is -0.664. The summed E-state index contributed by atoms with van der Waals surface area (Å²) < 4.78 is 14.9. The summed E-state index contributed by atoms with van der Waals surface area (Å²) in [7, 11) is 0. The third-order valence-electron chi connectivity index (χ3n) is 4.94. The number of fused-ring (bicyclic) bond motifs is 1. The van der Waals surface area contributed by atoms with Gasteiger partial charge < -0.3 is 17.7 Å². The summed E-state index contributed by atoms with van der Waals surface area (Å²) in [6.07, 6.45) is 2.50. The molecule has 0 unspecified atom stereocenters. The van der Waals surface area contributed by atoms with Crippen molar-refractivity contribution in [3.63, 3.8) is 0 Å². The molecule has 2 heterocycles. The second kappa shape index (κ2) is 7.98. The molecule has 1 fully saturated rings. The molecule has 0 amide bonds. The number of halogens is 2. The molecule has 2 aromatic carbocycles. The van der Waals surface area contributed by atoms with E-state index in [0.717, 1.165) is 42.6 Å². The number of quaternary nitrogens is 1. The average Bonchev–Trinajstić information content (AvgIpc) is 2.66. The van der Waals surface area contributed by atoms with Crippen molar-refractivity contribution in [2.75, 3.05) is 13.1 Å². The molecule has 3 aromatic rings. The Hall–Kier alpha value is -2.24. The van der Waals surface area contributed by atoms with Crippen molar-refractivity contribution >= 4 is 10.8 Å². The Morgan fingerprint density at radius 1 is 1.04 bits per heavy atom. The van der Waals surface area contributed by atoms with Crippen molar-refractivity contribution in [3.8, 4) is 0 Å². The molecular formula is C20H21ClFN3O. The maximum absolute atomic E-state index is 13.2. The number of rotatable bonds is 3. The molecule has 136 valence electrons. The highest BCUT2D eigenvalue weighted by molar-refractivity contribution is 5.83. The van der Waals surface area contributed by atoms with Crippen molar-refractivity contribution in [2.24, 2.45) is 0 Å². The summed E-state index contributed by atoms with van der Waals surface area (Å²) in [5.41, 5.74) is 1.85. The Kier molecular flexibility index (Phi) is 5.69. The van der Waals surface area contributed by atoms with E-state index in [2.05, 4.69) is 5.32 Å². The summed E-state index contributed by atoms with van der Waals surface area (Å²) in [6.45, 7) is 2.05. The molecule has 6 heteroatoms. The molecule has 0 saturated carbocycles. The summed E-state index contributed by atoms with van der Waals surface area (Å²) >= 11 is 0. The molecular weight excluding hydrogens is 353 g/mol. The first-order valence-corrected chi connectivity index (χ1v) is 8.79. The van der Waals surface area contributed by atoms with Crippen LogP contribution in [0, 0.1) is 5.82 Å². The fraction of sp³-hybridized carbons (Fsp3) is 0.300. The smallest absolute Gasteiger partial charge is 0.274 e. The second-order valence-corrected chi connectivity index (χ2v) is 6.64. The van der Waals surface area contributed by atoms with Crippen molar-refractivity contribution in [1.82, 2.24) is 9.78 Å². The minimum atomic E-state index is -0.245. The first-order valence-electron chi connectivity index (χ1n) is 8.79. The summed E-state index contributed by atoms with van der Waals surface area (Å²) in [5.74, 6) is -0.245. The highest BCUT2D eigenvalue weighted by atomic mass is 35.5. The van der Waals surface area contributed by atoms with Crippen molar-refractivity contribution in [2.45, 2.75) is 25.3 Å². The molecule has 4 nitrogen and oxygen atoms in total. The van der Waals surface area contributed by atoms with Gasteiger partial charge in [-0.15, -0.1) is 0 Å². The van der Waals surface area contributed by atoms with Crippen LogP contribution >= 0.6 is 0 Å². The summed E-state index contributed by atoms with van der Waals surface area (Å²) in [4.78, 5) is 12.9. The second-order valence-electron chi connectivity index (χ2n) is 6.64. The van der Waals surface area contributed by atoms with Crippen molar-refractivity contribution in [3.05, 3.63) is 76.0 Å². The Labute approximate surface area is 157 Å². The zero-order valence-corrected chi connectivity index (χ0v) is 15.1. The van der Waals surface area contributed by atoms with Gasteiger partial charge in [0.05, 0.1) is 30.2 Å². The standard InChI is InChI=1S/C20H20FN3O.ClH/c21-15-7-5-14(6-8-15)13-19-17-3-1-2-4-18(17)20(25)24(23-19)16-9-11-22-12-10-16;/h1-8,16,22H,9-13H2;1H. The van der Waals surface area contributed by atoms with Gasteiger partial charge >= 0.3 is 0 Å². The Morgan fingerprint density at radius 2 is 1.69 bits per heavy atom. The molecule has 0 radical (unpaired) electrons.